The minimum Gasteiger partial charge on any atom is -0.375 e. The van der Waals surface area contributed by atoms with Gasteiger partial charge in [-0.2, -0.15) is 0 Å². The summed E-state index contributed by atoms with van der Waals surface area (Å²) in [5.41, 5.74) is 0.340. The largest absolute Gasteiger partial charge is 0.375 e. The quantitative estimate of drug-likeness (QED) is 0.477. The Bertz CT molecular complexity index is 127. The summed E-state index contributed by atoms with van der Waals surface area (Å²) in [6.45, 7) is 6.96. The minimum atomic E-state index is 0.287. The second-order valence-corrected chi connectivity index (χ2v) is 3.82. The van der Waals surface area contributed by atoms with Gasteiger partial charge in [-0.1, -0.05) is 6.08 Å². The maximum absolute atomic E-state index is 5.51. The number of ether oxygens (including phenoxy) is 2. The lowest BCUT2D eigenvalue weighted by Gasteiger charge is -2.08. The SMILES string of the molecule is C=CCOCC1CSC(C)O1. The van der Waals surface area contributed by atoms with Gasteiger partial charge in [0, 0.05) is 5.75 Å². The fourth-order valence-electron chi connectivity index (χ4n) is 0.963. The number of hydrogen-bond donors (Lipinski definition) is 0. The van der Waals surface area contributed by atoms with Crippen molar-refractivity contribution in [3.05, 3.63) is 12.7 Å². The molecular formula is C8H14O2S. The molecule has 0 N–H and O–H groups in total. The van der Waals surface area contributed by atoms with Crippen LogP contribution in [0.4, 0.5) is 0 Å². The Labute approximate surface area is 71.9 Å². The van der Waals surface area contributed by atoms with Crippen LogP contribution in [0, 0.1) is 0 Å². The normalized spacial score (nSPS) is 30.6. The van der Waals surface area contributed by atoms with E-state index in [4.69, 9.17) is 9.47 Å². The highest BCUT2D eigenvalue weighted by Crippen LogP contribution is 2.24. The first kappa shape index (κ1) is 9.10. The zero-order valence-corrected chi connectivity index (χ0v) is 7.60. The molecule has 1 heterocycles. The molecule has 1 saturated heterocycles. The molecule has 0 aromatic heterocycles. The highest BCUT2D eigenvalue weighted by atomic mass is 32.2. The Hall–Kier alpha value is 0.01000. The van der Waals surface area contributed by atoms with E-state index in [1.54, 1.807) is 6.08 Å². The zero-order chi connectivity index (χ0) is 8.10. The van der Waals surface area contributed by atoms with Crippen molar-refractivity contribution >= 4 is 11.8 Å². The third-order valence-corrected chi connectivity index (χ3v) is 2.59. The van der Waals surface area contributed by atoms with Crippen LogP contribution in [-0.4, -0.2) is 30.5 Å². The number of rotatable bonds is 4. The van der Waals surface area contributed by atoms with Crippen LogP contribution < -0.4 is 0 Å². The maximum Gasteiger partial charge on any atom is 0.101 e. The van der Waals surface area contributed by atoms with Crippen molar-refractivity contribution in [3.8, 4) is 0 Å². The van der Waals surface area contributed by atoms with E-state index < -0.39 is 0 Å². The van der Waals surface area contributed by atoms with Crippen LogP contribution in [0.3, 0.4) is 0 Å². The van der Waals surface area contributed by atoms with Crippen molar-refractivity contribution in [2.24, 2.45) is 0 Å². The fourth-order valence-corrected chi connectivity index (χ4v) is 1.86. The molecule has 1 fully saturated rings. The Morgan fingerprint density at radius 2 is 2.64 bits per heavy atom. The molecule has 0 aromatic rings. The van der Waals surface area contributed by atoms with Crippen LogP contribution in [0.25, 0.3) is 0 Å². The van der Waals surface area contributed by atoms with Gasteiger partial charge in [-0.3, -0.25) is 0 Å². The molecule has 11 heavy (non-hydrogen) atoms. The summed E-state index contributed by atoms with van der Waals surface area (Å²) < 4.78 is 10.8. The molecule has 0 aromatic carbocycles. The zero-order valence-electron chi connectivity index (χ0n) is 6.79. The third-order valence-electron chi connectivity index (χ3n) is 1.44. The molecule has 2 atom stereocenters. The Kier molecular flexibility index (Phi) is 3.97. The molecule has 2 nitrogen and oxygen atoms in total. The molecule has 0 spiro atoms. The van der Waals surface area contributed by atoms with E-state index >= 15 is 0 Å². The summed E-state index contributed by atoms with van der Waals surface area (Å²) in [5.74, 6) is 1.05. The van der Waals surface area contributed by atoms with Crippen molar-refractivity contribution in [2.75, 3.05) is 19.0 Å². The van der Waals surface area contributed by atoms with Crippen LogP contribution in [-0.2, 0) is 9.47 Å². The summed E-state index contributed by atoms with van der Waals surface area (Å²) in [7, 11) is 0. The van der Waals surface area contributed by atoms with Crippen molar-refractivity contribution in [2.45, 2.75) is 18.5 Å². The summed E-state index contributed by atoms with van der Waals surface area (Å²) >= 11 is 1.84. The Morgan fingerprint density at radius 1 is 1.82 bits per heavy atom. The van der Waals surface area contributed by atoms with E-state index in [2.05, 4.69) is 13.5 Å². The average Bonchev–Trinajstić information content (AvgIpc) is 2.37. The molecule has 0 saturated carbocycles. The van der Waals surface area contributed by atoms with Gasteiger partial charge in [0.25, 0.3) is 0 Å². The van der Waals surface area contributed by atoms with Crippen molar-refractivity contribution in [1.29, 1.82) is 0 Å². The molecule has 64 valence electrons. The van der Waals surface area contributed by atoms with E-state index in [-0.39, 0.29) is 6.10 Å². The minimum absolute atomic E-state index is 0.287. The Morgan fingerprint density at radius 3 is 3.18 bits per heavy atom. The Balaban J connectivity index is 2.03. The smallest absolute Gasteiger partial charge is 0.101 e. The molecule has 3 heteroatoms. The van der Waals surface area contributed by atoms with E-state index in [1.165, 1.54) is 0 Å². The third kappa shape index (κ3) is 3.27. The lowest BCUT2D eigenvalue weighted by atomic mass is 10.4. The summed E-state index contributed by atoms with van der Waals surface area (Å²) in [5, 5.41) is 0. The molecule has 1 aliphatic rings. The van der Waals surface area contributed by atoms with E-state index in [1.807, 2.05) is 11.8 Å². The van der Waals surface area contributed by atoms with Crippen molar-refractivity contribution in [3.63, 3.8) is 0 Å². The van der Waals surface area contributed by atoms with Crippen LogP contribution in [0.2, 0.25) is 0 Å². The van der Waals surface area contributed by atoms with Crippen LogP contribution in [0.15, 0.2) is 12.7 Å². The van der Waals surface area contributed by atoms with Crippen LogP contribution >= 0.6 is 11.8 Å². The predicted molar refractivity (Wildman–Crippen MR) is 47.8 cm³/mol. The highest BCUT2D eigenvalue weighted by molar-refractivity contribution is 7.99. The maximum atomic E-state index is 5.51. The first-order valence-corrected chi connectivity index (χ1v) is 4.83. The van der Waals surface area contributed by atoms with E-state index in [0.717, 1.165) is 5.75 Å². The lowest BCUT2D eigenvalue weighted by Crippen LogP contribution is -2.18. The topological polar surface area (TPSA) is 18.5 Å². The molecule has 1 aliphatic heterocycles. The molecule has 0 aliphatic carbocycles. The van der Waals surface area contributed by atoms with Crippen LogP contribution in [0.5, 0.6) is 0 Å². The summed E-state index contributed by atoms with van der Waals surface area (Å²) in [4.78, 5) is 0. The number of thioether (sulfide) groups is 1. The van der Waals surface area contributed by atoms with Crippen LogP contribution in [0.1, 0.15) is 6.92 Å². The van der Waals surface area contributed by atoms with Gasteiger partial charge in [0.1, 0.15) is 5.44 Å². The van der Waals surface area contributed by atoms with Gasteiger partial charge in [0.2, 0.25) is 0 Å². The second kappa shape index (κ2) is 4.80. The van der Waals surface area contributed by atoms with Gasteiger partial charge in [0.15, 0.2) is 0 Å². The number of hydrogen-bond acceptors (Lipinski definition) is 3. The summed E-state index contributed by atoms with van der Waals surface area (Å²) in [6, 6.07) is 0. The second-order valence-electron chi connectivity index (χ2n) is 2.49. The monoisotopic (exact) mass is 174 g/mol. The van der Waals surface area contributed by atoms with Gasteiger partial charge in [-0.05, 0) is 6.92 Å². The molecule has 0 bridgehead atoms. The molecular weight excluding hydrogens is 160 g/mol. The molecule has 0 radical (unpaired) electrons. The van der Waals surface area contributed by atoms with Gasteiger partial charge in [-0.15, -0.1) is 18.3 Å². The average molecular weight is 174 g/mol. The highest BCUT2D eigenvalue weighted by Gasteiger charge is 2.21. The van der Waals surface area contributed by atoms with Crippen molar-refractivity contribution in [1.82, 2.24) is 0 Å². The first-order valence-electron chi connectivity index (χ1n) is 3.78. The predicted octanol–water partition coefficient (Wildman–Crippen LogP) is 1.67. The molecule has 0 amide bonds. The fraction of sp³-hybridized carbons (Fsp3) is 0.750. The van der Waals surface area contributed by atoms with Gasteiger partial charge in [0.05, 0.1) is 19.3 Å². The first-order chi connectivity index (χ1) is 5.33. The van der Waals surface area contributed by atoms with Crippen molar-refractivity contribution < 1.29 is 9.47 Å². The van der Waals surface area contributed by atoms with Gasteiger partial charge in [-0.25, -0.2) is 0 Å². The standard InChI is InChI=1S/C8H14O2S/c1-3-4-9-5-8-6-11-7(2)10-8/h3,7-8H,1,4-6H2,2H3. The molecule has 1 rings (SSSR count). The lowest BCUT2D eigenvalue weighted by molar-refractivity contribution is 0.00831. The van der Waals surface area contributed by atoms with E-state index in [9.17, 15) is 0 Å². The van der Waals surface area contributed by atoms with E-state index in [0.29, 0.717) is 18.6 Å². The van der Waals surface area contributed by atoms with Gasteiger partial charge < -0.3 is 9.47 Å². The van der Waals surface area contributed by atoms with Gasteiger partial charge >= 0.3 is 0 Å². The summed E-state index contributed by atoms with van der Waals surface area (Å²) in [6.07, 6.45) is 2.04. The molecule has 2 unspecified atom stereocenters.